The van der Waals surface area contributed by atoms with E-state index < -0.39 is 34.5 Å². The lowest BCUT2D eigenvalue weighted by Gasteiger charge is -2.43. The van der Waals surface area contributed by atoms with Crippen LogP contribution in [-0.4, -0.2) is 53.0 Å². The average molecular weight is 288 g/mol. The van der Waals surface area contributed by atoms with Crippen LogP contribution in [0.15, 0.2) is 0 Å². The SMILES string of the molecule is CC1(C)OCC(C2(C)OC3(C)OCOC3(C)C2(C)O)O1. The molecular formula is C14H24O6. The first-order valence-corrected chi connectivity index (χ1v) is 7.00. The quantitative estimate of drug-likeness (QED) is 0.781. The third-order valence-electron chi connectivity index (χ3n) is 5.47. The van der Waals surface area contributed by atoms with E-state index in [2.05, 4.69) is 0 Å². The summed E-state index contributed by atoms with van der Waals surface area (Å²) in [4.78, 5) is 0. The minimum Gasteiger partial charge on any atom is -0.384 e. The monoisotopic (exact) mass is 288 g/mol. The normalized spacial score (nSPS) is 58.0. The Balaban J connectivity index is 1.99. The van der Waals surface area contributed by atoms with Gasteiger partial charge in [-0.25, -0.2) is 0 Å². The Kier molecular flexibility index (Phi) is 2.75. The van der Waals surface area contributed by atoms with Gasteiger partial charge in [-0.15, -0.1) is 0 Å². The van der Waals surface area contributed by atoms with Gasteiger partial charge in [0.2, 0.25) is 5.79 Å². The maximum Gasteiger partial charge on any atom is 0.200 e. The van der Waals surface area contributed by atoms with Crippen LogP contribution in [0.2, 0.25) is 0 Å². The van der Waals surface area contributed by atoms with Gasteiger partial charge in [0.25, 0.3) is 0 Å². The molecule has 0 aromatic rings. The third kappa shape index (κ3) is 1.50. The van der Waals surface area contributed by atoms with Crippen molar-refractivity contribution in [2.45, 2.75) is 76.0 Å². The molecule has 0 spiro atoms. The smallest absolute Gasteiger partial charge is 0.200 e. The molecule has 0 amide bonds. The van der Waals surface area contributed by atoms with Crippen LogP contribution >= 0.6 is 0 Å². The summed E-state index contributed by atoms with van der Waals surface area (Å²) in [6, 6.07) is 0. The van der Waals surface area contributed by atoms with Crippen molar-refractivity contribution in [3.63, 3.8) is 0 Å². The molecule has 0 radical (unpaired) electrons. The first-order chi connectivity index (χ1) is 8.98. The fourth-order valence-corrected chi connectivity index (χ4v) is 3.55. The molecule has 0 bridgehead atoms. The van der Waals surface area contributed by atoms with Crippen LogP contribution in [0.4, 0.5) is 0 Å². The van der Waals surface area contributed by atoms with E-state index in [-0.39, 0.29) is 6.79 Å². The van der Waals surface area contributed by atoms with Crippen LogP contribution in [0.3, 0.4) is 0 Å². The van der Waals surface area contributed by atoms with Gasteiger partial charge in [0.05, 0.1) is 6.61 Å². The molecule has 6 nitrogen and oxygen atoms in total. The van der Waals surface area contributed by atoms with E-state index in [1.165, 1.54) is 0 Å². The standard InChI is InChI=1S/C14H24O6/c1-10(2)16-7-9(19-10)11(3)12(4,15)13(5)14(6,20-11)18-8-17-13/h9,15H,7-8H2,1-6H3. The summed E-state index contributed by atoms with van der Waals surface area (Å²) in [6.07, 6.45) is -0.404. The van der Waals surface area contributed by atoms with E-state index in [0.29, 0.717) is 6.61 Å². The van der Waals surface area contributed by atoms with E-state index in [0.717, 1.165) is 0 Å². The summed E-state index contributed by atoms with van der Waals surface area (Å²) in [5.41, 5.74) is -3.25. The zero-order valence-corrected chi connectivity index (χ0v) is 13.0. The fourth-order valence-electron chi connectivity index (χ4n) is 3.55. The second-order valence-corrected chi connectivity index (χ2v) is 6.98. The number of fused-ring (bicyclic) bond motifs is 1. The molecule has 116 valence electrons. The lowest BCUT2D eigenvalue weighted by atomic mass is 9.71. The molecule has 0 aromatic carbocycles. The Morgan fingerprint density at radius 2 is 1.60 bits per heavy atom. The van der Waals surface area contributed by atoms with Gasteiger partial charge in [-0.05, 0) is 41.5 Å². The molecule has 20 heavy (non-hydrogen) atoms. The van der Waals surface area contributed by atoms with Crippen molar-refractivity contribution in [1.29, 1.82) is 0 Å². The third-order valence-corrected chi connectivity index (χ3v) is 5.47. The first kappa shape index (κ1) is 14.7. The Morgan fingerprint density at radius 1 is 0.950 bits per heavy atom. The van der Waals surface area contributed by atoms with Gasteiger partial charge in [0, 0.05) is 0 Å². The van der Waals surface area contributed by atoms with Gasteiger partial charge in [0.15, 0.2) is 18.2 Å². The Bertz CT molecular complexity index is 435. The van der Waals surface area contributed by atoms with Crippen LogP contribution in [0.25, 0.3) is 0 Å². The van der Waals surface area contributed by atoms with Crippen molar-refractivity contribution in [2.24, 2.45) is 0 Å². The highest BCUT2D eigenvalue weighted by Gasteiger charge is 2.78. The lowest BCUT2D eigenvalue weighted by molar-refractivity contribution is -0.270. The average Bonchev–Trinajstić information content (AvgIpc) is 2.84. The lowest BCUT2D eigenvalue weighted by Crippen LogP contribution is -2.64. The molecule has 0 aliphatic carbocycles. The Hall–Kier alpha value is -0.240. The van der Waals surface area contributed by atoms with E-state index in [1.807, 2.05) is 27.7 Å². The number of aliphatic hydroxyl groups is 1. The second-order valence-electron chi connectivity index (χ2n) is 6.98. The van der Waals surface area contributed by atoms with Gasteiger partial charge < -0.3 is 28.8 Å². The van der Waals surface area contributed by atoms with Crippen LogP contribution < -0.4 is 0 Å². The van der Waals surface area contributed by atoms with Crippen molar-refractivity contribution < 1.29 is 28.8 Å². The number of rotatable bonds is 1. The summed E-state index contributed by atoms with van der Waals surface area (Å²) in [7, 11) is 0. The summed E-state index contributed by atoms with van der Waals surface area (Å²) in [5, 5.41) is 11.2. The van der Waals surface area contributed by atoms with E-state index in [1.54, 1.807) is 13.8 Å². The second kappa shape index (κ2) is 3.74. The summed E-state index contributed by atoms with van der Waals surface area (Å²) >= 11 is 0. The highest BCUT2D eigenvalue weighted by atomic mass is 16.8. The van der Waals surface area contributed by atoms with Crippen molar-refractivity contribution in [1.82, 2.24) is 0 Å². The number of ether oxygens (including phenoxy) is 5. The zero-order chi connectivity index (χ0) is 15.0. The minimum atomic E-state index is -1.29. The molecule has 0 saturated carbocycles. The predicted octanol–water partition coefficient (Wildman–Crippen LogP) is 1.16. The van der Waals surface area contributed by atoms with Crippen LogP contribution in [0.5, 0.6) is 0 Å². The molecule has 1 N–H and O–H groups in total. The van der Waals surface area contributed by atoms with Crippen LogP contribution in [0, 0.1) is 0 Å². The molecule has 3 aliphatic heterocycles. The maximum absolute atomic E-state index is 11.2. The molecular weight excluding hydrogens is 264 g/mol. The summed E-state index contributed by atoms with van der Waals surface area (Å²) in [5.74, 6) is -1.70. The Labute approximate surface area is 119 Å². The minimum absolute atomic E-state index is 0.104. The Morgan fingerprint density at radius 3 is 2.10 bits per heavy atom. The molecule has 3 aliphatic rings. The van der Waals surface area contributed by atoms with Crippen molar-refractivity contribution in [2.75, 3.05) is 13.4 Å². The molecule has 6 heteroatoms. The molecule has 5 atom stereocenters. The van der Waals surface area contributed by atoms with E-state index >= 15 is 0 Å². The molecule has 0 aromatic heterocycles. The molecule has 3 fully saturated rings. The number of hydrogen-bond acceptors (Lipinski definition) is 6. The van der Waals surface area contributed by atoms with Gasteiger partial charge >= 0.3 is 0 Å². The van der Waals surface area contributed by atoms with Crippen LogP contribution in [0.1, 0.15) is 41.5 Å². The first-order valence-electron chi connectivity index (χ1n) is 7.00. The molecule has 5 unspecified atom stereocenters. The molecule has 3 heterocycles. The van der Waals surface area contributed by atoms with Gasteiger partial charge in [0.1, 0.15) is 17.3 Å². The van der Waals surface area contributed by atoms with Crippen molar-refractivity contribution in [3.05, 3.63) is 0 Å². The van der Waals surface area contributed by atoms with Gasteiger partial charge in [-0.1, -0.05) is 0 Å². The largest absolute Gasteiger partial charge is 0.384 e. The van der Waals surface area contributed by atoms with Crippen molar-refractivity contribution >= 4 is 0 Å². The summed E-state index contributed by atoms with van der Waals surface area (Å²) < 4.78 is 29.0. The molecule has 3 rings (SSSR count). The van der Waals surface area contributed by atoms with E-state index in [9.17, 15) is 5.11 Å². The maximum atomic E-state index is 11.2. The van der Waals surface area contributed by atoms with Crippen molar-refractivity contribution in [3.8, 4) is 0 Å². The van der Waals surface area contributed by atoms with E-state index in [4.69, 9.17) is 23.7 Å². The van der Waals surface area contributed by atoms with Gasteiger partial charge in [-0.3, -0.25) is 0 Å². The van der Waals surface area contributed by atoms with Gasteiger partial charge in [-0.2, -0.15) is 0 Å². The highest BCUT2D eigenvalue weighted by molar-refractivity contribution is 5.23. The number of hydrogen-bond donors (Lipinski definition) is 1. The highest BCUT2D eigenvalue weighted by Crippen LogP contribution is 2.59. The fraction of sp³-hybridized carbons (Fsp3) is 1.00. The predicted molar refractivity (Wildman–Crippen MR) is 68.9 cm³/mol. The van der Waals surface area contributed by atoms with Crippen LogP contribution in [-0.2, 0) is 23.7 Å². The topological polar surface area (TPSA) is 66.4 Å². The summed E-state index contributed by atoms with van der Waals surface area (Å²) in [6.45, 7) is 11.3. The zero-order valence-electron chi connectivity index (χ0n) is 13.0. The molecule has 3 saturated heterocycles.